The van der Waals surface area contributed by atoms with Gasteiger partial charge in [-0.2, -0.15) is 0 Å². The van der Waals surface area contributed by atoms with Crippen LogP contribution in [0.25, 0.3) is 22.2 Å². The number of piperidine rings is 1. The van der Waals surface area contributed by atoms with Crippen molar-refractivity contribution in [1.29, 1.82) is 0 Å². The predicted molar refractivity (Wildman–Crippen MR) is 210 cm³/mol. The number of H-pyrrole nitrogens is 1. The Kier molecular flexibility index (Phi) is 10.6. The van der Waals surface area contributed by atoms with Gasteiger partial charge in [-0.25, -0.2) is 4.79 Å². The lowest BCUT2D eigenvalue weighted by Crippen LogP contribution is -2.47. The minimum atomic E-state index is -0.578. The first kappa shape index (κ1) is 35.7. The Bertz CT molecular complexity index is 2240. The second-order valence-corrected chi connectivity index (χ2v) is 14.5. The monoisotopic (exact) mass is 722 g/mol. The number of hydrogen-bond acceptors (Lipinski definition) is 6. The number of carbonyl (C=O) groups excluding carboxylic acids is 1. The van der Waals surface area contributed by atoms with E-state index in [9.17, 15) is 14.7 Å². The number of carbonyl (C=O) groups is 1. The molecule has 1 aromatic heterocycles. The lowest BCUT2D eigenvalue weighted by molar-refractivity contribution is -0.276. The first-order chi connectivity index (χ1) is 26.4. The zero-order chi connectivity index (χ0) is 37.0. The highest BCUT2D eigenvalue weighted by molar-refractivity contribution is 5.94. The van der Waals surface area contributed by atoms with E-state index in [1.165, 1.54) is 0 Å². The first-order valence-corrected chi connectivity index (χ1v) is 18.9. The van der Waals surface area contributed by atoms with Crippen LogP contribution in [-0.2, 0) is 22.6 Å². The fraction of sp³-hybridized carbons (Fsp3) is 0.289. The number of fused-ring (bicyclic) bond motifs is 1. The van der Waals surface area contributed by atoms with E-state index in [-0.39, 0.29) is 42.4 Å². The van der Waals surface area contributed by atoms with E-state index in [4.69, 9.17) is 9.47 Å². The summed E-state index contributed by atoms with van der Waals surface area (Å²) in [6, 6.07) is 41.8. The standard InChI is InChI=1S/C45H46N4O5/c1-30-41(28-48-25-23-37(24-26-48)49-40-14-8-7-13-39(40)47-45(49)52)53-44(54-42(30)33-17-15-31(29-50)16-18-33)35-21-19-32(20-22-35)38-12-6-5-11-36(38)27-46-43(51)34-9-3-2-4-10-34/h2-22,30,37,41-42,44,50H,23-29H2,1H3,(H,46,51)(H,47,52)/t30-,41+,42+,44+/m0/s1. The van der Waals surface area contributed by atoms with Gasteiger partial charge in [-0.15, -0.1) is 0 Å². The molecule has 2 fully saturated rings. The number of aromatic amines is 1. The molecule has 0 spiro atoms. The number of benzene rings is 5. The third-order valence-corrected chi connectivity index (χ3v) is 11.1. The molecule has 0 bridgehead atoms. The number of nitrogens with one attached hydrogen (secondary N) is 2. The molecule has 8 rings (SSSR count). The van der Waals surface area contributed by atoms with Crippen LogP contribution in [0.2, 0.25) is 0 Å². The number of amides is 1. The second-order valence-electron chi connectivity index (χ2n) is 14.5. The van der Waals surface area contributed by atoms with Crippen LogP contribution >= 0.6 is 0 Å². The molecule has 0 saturated carbocycles. The number of imidazole rings is 1. The van der Waals surface area contributed by atoms with E-state index < -0.39 is 6.29 Å². The van der Waals surface area contributed by atoms with Crippen LogP contribution in [-0.4, -0.2) is 51.2 Å². The molecule has 4 atom stereocenters. The van der Waals surface area contributed by atoms with Crippen molar-refractivity contribution in [1.82, 2.24) is 19.8 Å². The van der Waals surface area contributed by atoms with Crippen molar-refractivity contribution < 1.29 is 19.4 Å². The highest BCUT2D eigenvalue weighted by Gasteiger charge is 2.39. The minimum Gasteiger partial charge on any atom is -0.392 e. The number of aromatic nitrogens is 2. The molecule has 0 radical (unpaired) electrons. The zero-order valence-electron chi connectivity index (χ0n) is 30.4. The third-order valence-electron chi connectivity index (χ3n) is 11.1. The van der Waals surface area contributed by atoms with Crippen LogP contribution < -0.4 is 11.0 Å². The molecule has 3 heterocycles. The van der Waals surface area contributed by atoms with Crippen molar-refractivity contribution in [3.05, 3.63) is 166 Å². The summed E-state index contributed by atoms with van der Waals surface area (Å²) < 4.78 is 15.5. The summed E-state index contributed by atoms with van der Waals surface area (Å²) in [5.41, 5.74) is 8.39. The molecule has 9 heteroatoms. The van der Waals surface area contributed by atoms with Crippen LogP contribution in [0.5, 0.6) is 0 Å². The lowest BCUT2D eigenvalue weighted by Gasteiger charge is -2.44. The van der Waals surface area contributed by atoms with E-state index in [1.54, 1.807) is 0 Å². The largest absolute Gasteiger partial charge is 0.392 e. The number of ether oxygens (including phenoxy) is 2. The highest BCUT2D eigenvalue weighted by atomic mass is 16.7. The molecule has 2 saturated heterocycles. The maximum Gasteiger partial charge on any atom is 0.326 e. The van der Waals surface area contributed by atoms with Gasteiger partial charge in [-0.05, 0) is 64.9 Å². The number of aliphatic hydroxyl groups is 1. The Balaban J connectivity index is 0.989. The minimum absolute atomic E-state index is 0.00871. The van der Waals surface area contributed by atoms with E-state index in [0.717, 1.165) is 76.9 Å². The summed E-state index contributed by atoms with van der Waals surface area (Å²) in [6.07, 6.45) is 0.872. The van der Waals surface area contributed by atoms with Gasteiger partial charge in [0.05, 0.1) is 29.8 Å². The molecular formula is C45H46N4O5. The Labute approximate surface area is 315 Å². The average molecular weight is 723 g/mol. The van der Waals surface area contributed by atoms with Crippen LogP contribution in [0.4, 0.5) is 0 Å². The molecule has 2 aliphatic rings. The van der Waals surface area contributed by atoms with Crippen molar-refractivity contribution in [2.75, 3.05) is 19.6 Å². The van der Waals surface area contributed by atoms with Crippen molar-refractivity contribution in [2.24, 2.45) is 5.92 Å². The molecule has 0 unspecified atom stereocenters. The summed E-state index contributed by atoms with van der Waals surface area (Å²) in [4.78, 5) is 31.2. The van der Waals surface area contributed by atoms with Crippen LogP contribution in [0, 0.1) is 5.92 Å². The van der Waals surface area contributed by atoms with Gasteiger partial charge in [-0.1, -0.05) is 110 Å². The predicted octanol–water partition coefficient (Wildman–Crippen LogP) is 7.55. The molecule has 54 heavy (non-hydrogen) atoms. The quantitative estimate of drug-likeness (QED) is 0.135. The Hall–Kier alpha value is -5.32. The van der Waals surface area contributed by atoms with Gasteiger partial charge in [0.15, 0.2) is 6.29 Å². The van der Waals surface area contributed by atoms with Gasteiger partial charge in [0.25, 0.3) is 5.91 Å². The Morgan fingerprint density at radius 3 is 2.26 bits per heavy atom. The Morgan fingerprint density at radius 1 is 0.815 bits per heavy atom. The molecule has 276 valence electrons. The molecule has 6 aromatic rings. The van der Waals surface area contributed by atoms with Gasteiger partial charge < -0.3 is 29.8 Å². The number of para-hydroxylation sites is 2. The van der Waals surface area contributed by atoms with Crippen molar-refractivity contribution >= 4 is 16.9 Å². The zero-order valence-corrected chi connectivity index (χ0v) is 30.4. The van der Waals surface area contributed by atoms with E-state index in [1.807, 2.05) is 102 Å². The highest BCUT2D eigenvalue weighted by Crippen LogP contribution is 2.42. The van der Waals surface area contributed by atoms with Gasteiger partial charge in [0.1, 0.15) is 0 Å². The average Bonchev–Trinajstić information content (AvgIpc) is 3.57. The number of hydrogen-bond donors (Lipinski definition) is 3. The molecule has 3 N–H and O–H groups in total. The summed E-state index contributed by atoms with van der Waals surface area (Å²) >= 11 is 0. The van der Waals surface area contributed by atoms with Crippen LogP contribution in [0.15, 0.2) is 132 Å². The number of aliphatic hydroxyl groups excluding tert-OH is 1. The Morgan fingerprint density at radius 2 is 1.50 bits per heavy atom. The number of nitrogens with zero attached hydrogens (tertiary/aromatic N) is 2. The maximum absolute atomic E-state index is 12.9. The molecule has 0 aliphatic carbocycles. The fourth-order valence-electron chi connectivity index (χ4n) is 8.02. The summed E-state index contributed by atoms with van der Waals surface area (Å²) in [5.74, 6) is -0.0433. The first-order valence-electron chi connectivity index (χ1n) is 18.9. The lowest BCUT2D eigenvalue weighted by atomic mass is 9.89. The van der Waals surface area contributed by atoms with E-state index in [0.29, 0.717) is 12.1 Å². The SMILES string of the molecule is C[C@H]1[C@@H](CN2CCC(n3c(=O)[nH]c4ccccc43)CC2)O[C@@H](c2ccc(-c3ccccc3CNC(=O)c3ccccc3)cc2)O[C@H]1c1ccc(CO)cc1. The molecule has 1 amide bonds. The van der Waals surface area contributed by atoms with Crippen molar-refractivity contribution in [2.45, 2.75) is 57.5 Å². The fourth-order valence-corrected chi connectivity index (χ4v) is 8.02. The van der Waals surface area contributed by atoms with E-state index >= 15 is 0 Å². The summed E-state index contributed by atoms with van der Waals surface area (Å²) in [6.45, 7) is 5.08. The normalized spacial score (nSPS) is 20.9. The van der Waals surface area contributed by atoms with Crippen molar-refractivity contribution in [3.8, 4) is 11.1 Å². The van der Waals surface area contributed by atoms with E-state index in [2.05, 4.69) is 52.5 Å². The maximum atomic E-state index is 12.9. The topological polar surface area (TPSA) is 109 Å². The smallest absolute Gasteiger partial charge is 0.326 e. The summed E-state index contributed by atoms with van der Waals surface area (Å²) in [5, 5.41) is 12.7. The third kappa shape index (κ3) is 7.54. The number of rotatable bonds is 10. The van der Waals surface area contributed by atoms with Crippen LogP contribution in [0.3, 0.4) is 0 Å². The van der Waals surface area contributed by atoms with Crippen molar-refractivity contribution in [3.63, 3.8) is 0 Å². The molecule has 9 nitrogen and oxygen atoms in total. The molecular weight excluding hydrogens is 677 g/mol. The van der Waals surface area contributed by atoms with Gasteiger partial charge in [0, 0.05) is 49.3 Å². The second kappa shape index (κ2) is 16.0. The molecule has 2 aliphatic heterocycles. The molecule has 5 aromatic carbocycles. The summed E-state index contributed by atoms with van der Waals surface area (Å²) in [7, 11) is 0. The van der Waals surface area contributed by atoms with Gasteiger partial charge >= 0.3 is 5.69 Å². The van der Waals surface area contributed by atoms with Crippen LogP contribution in [0.1, 0.15) is 70.8 Å². The van der Waals surface area contributed by atoms with Gasteiger partial charge in [-0.3, -0.25) is 9.36 Å². The van der Waals surface area contributed by atoms with Gasteiger partial charge in [0.2, 0.25) is 0 Å². The number of likely N-dealkylation sites (tertiary alicyclic amines) is 1.